The topological polar surface area (TPSA) is 52.6 Å². The number of hydrogen-bond acceptors (Lipinski definition) is 3. The van der Waals surface area contributed by atoms with E-state index in [4.69, 9.17) is 0 Å². The lowest BCUT2D eigenvalue weighted by molar-refractivity contribution is 0.102. The highest BCUT2D eigenvalue weighted by Gasteiger charge is 2.15. The Morgan fingerprint density at radius 1 is 1.09 bits per heavy atom. The molecule has 0 aliphatic carbocycles. The van der Waals surface area contributed by atoms with Gasteiger partial charge in [0.25, 0.3) is 5.91 Å². The van der Waals surface area contributed by atoms with Crippen molar-refractivity contribution < 1.29 is 9.90 Å². The Morgan fingerprint density at radius 2 is 1.83 bits per heavy atom. The molecular weight excluding hydrogens is 288 g/mol. The van der Waals surface area contributed by atoms with E-state index < -0.39 is 0 Å². The first-order chi connectivity index (χ1) is 11.0. The largest absolute Gasteiger partial charge is 0.507 e. The number of phenolic OH excluding ortho intramolecular Hbond substituents is 1. The zero-order valence-corrected chi connectivity index (χ0v) is 13.6. The van der Waals surface area contributed by atoms with Crippen LogP contribution in [0.15, 0.2) is 36.4 Å². The summed E-state index contributed by atoms with van der Waals surface area (Å²) in [5, 5.41) is 12.8. The summed E-state index contributed by atoms with van der Waals surface area (Å²) >= 11 is 0. The van der Waals surface area contributed by atoms with Crippen molar-refractivity contribution in [1.29, 1.82) is 0 Å². The van der Waals surface area contributed by atoms with Gasteiger partial charge in [-0.2, -0.15) is 0 Å². The van der Waals surface area contributed by atoms with Crippen molar-refractivity contribution in [3.05, 3.63) is 53.1 Å². The lowest BCUT2D eigenvalue weighted by Crippen LogP contribution is -2.18. The molecule has 3 rings (SSSR count). The maximum Gasteiger partial charge on any atom is 0.259 e. The molecule has 23 heavy (non-hydrogen) atoms. The van der Waals surface area contributed by atoms with Crippen LogP contribution in [0.1, 0.15) is 34.3 Å². The summed E-state index contributed by atoms with van der Waals surface area (Å²) in [4.78, 5) is 14.7. The van der Waals surface area contributed by atoms with E-state index in [0.29, 0.717) is 5.56 Å². The number of rotatable bonds is 3. The number of carbonyl (C=O) groups excluding carboxylic acids is 1. The summed E-state index contributed by atoms with van der Waals surface area (Å²) in [6.07, 6.45) is 2.48. The van der Waals surface area contributed by atoms with Crippen LogP contribution in [-0.2, 0) is 0 Å². The third kappa shape index (κ3) is 3.31. The molecule has 0 aromatic heterocycles. The number of nitrogens with zero attached hydrogens (tertiary/aromatic N) is 1. The van der Waals surface area contributed by atoms with Crippen molar-refractivity contribution in [3.8, 4) is 5.75 Å². The predicted molar refractivity (Wildman–Crippen MR) is 93.4 cm³/mol. The van der Waals surface area contributed by atoms with E-state index >= 15 is 0 Å². The van der Waals surface area contributed by atoms with E-state index in [2.05, 4.69) is 16.3 Å². The molecule has 2 N–H and O–H groups in total. The third-order valence-electron chi connectivity index (χ3n) is 4.33. The molecule has 1 aliphatic rings. The maximum absolute atomic E-state index is 12.4. The number of aromatic hydroxyl groups is 1. The van der Waals surface area contributed by atoms with Crippen LogP contribution in [0.2, 0.25) is 0 Å². The molecule has 0 atom stereocenters. The minimum atomic E-state index is -0.292. The highest BCUT2D eigenvalue weighted by atomic mass is 16.3. The summed E-state index contributed by atoms with van der Waals surface area (Å²) < 4.78 is 0. The Labute approximate surface area is 136 Å². The minimum Gasteiger partial charge on any atom is -0.507 e. The van der Waals surface area contributed by atoms with E-state index in [9.17, 15) is 9.90 Å². The molecule has 1 amide bonds. The number of nitrogens with one attached hydrogen (secondary N) is 1. The lowest BCUT2D eigenvalue weighted by Gasteiger charge is -2.19. The van der Waals surface area contributed by atoms with Crippen LogP contribution in [0.25, 0.3) is 0 Å². The number of anilines is 2. The van der Waals surface area contributed by atoms with E-state index in [1.165, 1.54) is 18.5 Å². The second kappa shape index (κ2) is 6.32. The van der Waals surface area contributed by atoms with Gasteiger partial charge in [-0.25, -0.2) is 0 Å². The summed E-state index contributed by atoms with van der Waals surface area (Å²) in [5.41, 5.74) is 4.22. The molecule has 2 aromatic carbocycles. The molecular formula is C19H22N2O2. The summed E-state index contributed by atoms with van der Waals surface area (Å²) in [7, 11) is 0. The molecule has 4 nitrogen and oxygen atoms in total. The molecule has 120 valence electrons. The van der Waals surface area contributed by atoms with Gasteiger partial charge in [-0.05, 0) is 68.1 Å². The number of amides is 1. The van der Waals surface area contributed by atoms with Crippen LogP contribution in [0, 0.1) is 13.8 Å². The number of carbonyl (C=O) groups is 1. The second-order valence-corrected chi connectivity index (χ2v) is 6.17. The average Bonchev–Trinajstić information content (AvgIpc) is 3.03. The predicted octanol–water partition coefficient (Wildman–Crippen LogP) is 3.86. The average molecular weight is 310 g/mol. The monoisotopic (exact) mass is 310 g/mol. The Kier molecular flexibility index (Phi) is 4.24. The van der Waals surface area contributed by atoms with Gasteiger partial charge in [0, 0.05) is 24.5 Å². The molecule has 4 heteroatoms. The SMILES string of the molecule is Cc1ccc(C(=O)Nc2ccc(N3CCCC3)cc2C)c(O)c1. The van der Waals surface area contributed by atoms with Gasteiger partial charge in [0.1, 0.15) is 5.75 Å². The summed E-state index contributed by atoms with van der Waals surface area (Å²) in [6, 6.07) is 11.1. The molecule has 0 unspecified atom stereocenters. The van der Waals surface area contributed by atoms with Gasteiger partial charge >= 0.3 is 0 Å². The Morgan fingerprint density at radius 3 is 2.48 bits per heavy atom. The first-order valence-electron chi connectivity index (χ1n) is 8.01. The van der Waals surface area contributed by atoms with Crippen molar-refractivity contribution in [2.75, 3.05) is 23.3 Å². The Bertz CT molecular complexity index is 734. The lowest BCUT2D eigenvalue weighted by atomic mass is 10.1. The van der Waals surface area contributed by atoms with Gasteiger partial charge in [0.05, 0.1) is 5.56 Å². The first kappa shape index (κ1) is 15.4. The van der Waals surface area contributed by atoms with Gasteiger partial charge < -0.3 is 15.3 Å². The summed E-state index contributed by atoms with van der Waals surface area (Å²) in [6.45, 7) is 6.07. The van der Waals surface area contributed by atoms with Crippen molar-refractivity contribution in [1.82, 2.24) is 0 Å². The van der Waals surface area contributed by atoms with Gasteiger partial charge in [-0.3, -0.25) is 4.79 Å². The molecule has 1 fully saturated rings. The van der Waals surface area contributed by atoms with Gasteiger partial charge in [0.15, 0.2) is 0 Å². The van der Waals surface area contributed by atoms with Crippen LogP contribution >= 0.6 is 0 Å². The zero-order chi connectivity index (χ0) is 16.4. The number of hydrogen-bond donors (Lipinski definition) is 2. The van der Waals surface area contributed by atoms with Gasteiger partial charge in [-0.1, -0.05) is 6.07 Å². The number of aryl methyl sites for hydroxylation is 2. The molecule has 0 radical (unpaired) electrons. The van der Waals surface area contributed by atoms with E-state index in [0.717, 1.165) is 29.9 Å². The minimum absolute atomic E-state index is 0.00819. The highest BCUT2D eigenvalue weighted by molar-refractivity contribution is 6.06. The molecule has 1 aliphatic heterocycles. The maximum atomic E-state index is 12.4. The van der Waals surface area contributed by atoms with E-state index in [1.54, 1.807) is 12.1 Å². The summed E-state index contributed by atoms with van der Waals surface area (Å²) in [5.74, 6) is -0.284. The van der Waals surface area contributed by atoms with Crippen molar-refractivity contribution in [2.45, 2.75) is 26.7 Å². The number of benzene rings is 2. The van der Waals surface area contributed by atoms with E-state index in [-0.39, 0.29) is 11.7 Å². The first-order valence-corrected chi connectivity index (χ1v) is 8.01. The van der Waals surface area contributed by atoms with Crippen molar-refractivity contribution >= 4 is 17.3 Å². The van der Waals surface area contributed by atoms with Crippen molar-refractivity contribution in [2.24, 2.45) is 0 Å². The van der Waals surface area contributed by atoms with Crippen molar-refractivity contribution in [3.63, 3.8) is 0 Å². The molecule has 0 spiro atoms. The van der Waals surface area contributed by atoms with Crippen LogP contribution in [0.4, 0.5) is 11.4 Å². The quantitative estimate of drug-likeness (QED) is 0.905. The number of phenols is 1. The van der Waals surface area contributed by atoms with Gasteiger partial charge in [0.2, 0.25) is 0 Å². The molecule has 2 aromatic rings. The molecule has 0 saturated carbocycles. The molecule has 1 saturated heterocycles. The third-order valence-corrected chi connectivity index (χ3v) is 4.33. The molecule has 0 bridgehead atoms. The Balaban J connectivity index is 1.78. The van der Waals surface area contributed by atoms with Gasteiger partial charge in [-0.15, -0.1) is 0 Å². The smallest absolute Gasteiger partial charge is 0.259 e. The van der Waals surface area contributed by atoms with Crippen LogP contribution < -0.4 is 10.2 Å². The highest BCUT2D eigenvalue weighted by Crippen LogP contribution is 2.26. The fourth-order valence-electron chi connectivity index (χ4n) is 2.98. The fourth-order valence-corrected chi connectivity index (χ4v) is 2.98. The normalized spacial score (nSPS) is 14.1. The van der Waals surface area contributed by atoms with Crippen LogP contribution in [0.3, 0.4) is 0 Å². The Hall–Kier alpha value is -2.49. The molecule has 1 heterocycles. The standard InChI is InChI=1S/C19H22N2O2/c1-13-5-7-16(18(22)11-13)19(23)20-17-8-6-15(12-14(17)2)21-9-3-4-10-21/h5-8,11-12,22H,3-4,9-10H2,1-2H3,(H,20,23). The van der Waals surface area contributed by atoms with E-state index in [1.807, 2.05) is 32.0 Å². The zero-order valence-electron chi connectivity index (χ0n) is 13.6. The van der Waals surface area contributed by atoms with Crippen LogP contribution in [-0.4, -0.2) is 24.1 Å². The van der Waals surface area contributed by atoms with Crippen LogP contribution in [0.5, 0.6) is 5.75 Å². The fraction of sp³-hybridized carbons (Fsp3) is 0.316. The second-order valence-electron chi connectivity index (χ2n) is 6.17.